The topological polar surface area (TPSA) is 15.3 Å². The lowest BCUT2D eigenvalue weighted by molar-refractivity contribution is 0.202. The van der Waals surface area contributed by atoms with Gasteiger partial charge in [0.05, 0.1) is 0 Å². The molecule has 17 heavy (non-hydrogen) atoms. The van der Waals surface area contributed by atoms with Gasteiger partial charge >= 0.3 is 0 Å². The van der Waals surface area contributed by atoms with Gasteiger partial charge in [-0.2, -0.15) is 0 Å². The van der Waals surface area contributed by atoms with Gasteiger partial charge in [0.25, 0.3) is 0 Å². The first-order valence-corrected chi connectivity index (χ1v) is 6.81. The molecule has 1 aromatic rings. The summed E-state index contributed by atoms with van der Waals surface area (Å²) in [6.45, 7) is 5.58. The van der Waals surface area contributed by atoms with Crippen LogP contribution < -0.4 is 5.32 Å². The second-order valence-electron chi connectivity index (χ2n) is 5.05. The number of aryl methyl sites for hydroxylation is 1. The molecule has 0 aliphatic carbocycles. The van der Waals surface area contributed by atoms with Crippen LogP contribution in [0.4, 0.5) is 0 Å². The van der Waals surface area contributed by atoms with E-state index in [-0.39, 0.29) is 0 Å². The van der Waals surface area contributed by atoms with Crippen molar-refractivity contribution in [3.05, 3.63) is 35.4 Å². The Morgan fingerprint density at radius 3 is 2.71 bits per heavy atom. The van der Waals surface area contributed by atoms with Crippen LogP contribution in [-0.2, 0) is 6.42 Å². The number of rotatable bonds is 4. The maximum Gasteiger partial charge on any atom is 0.0470 e. The molecule has 0 spiro atoms. The highest BCUT2D eigenvalue weighted by Gasteiger charge is 2.19. The fourth-order valence-corrected chi connectivity index (χ4v) is 2.47. The van der Waals surface area contributed by atoms with Gasteiger partial charge in [0.2, 0.25) is 0 Å². The maximum atomic E-state index is 3.47. The molecule has 1 unspecified atom stereocenters. The molecule has 0 bridgehead atoms. The number of hydrogen-bond donors (Lipinski definition) is 1. The van der Waals surface area contributed by atoms with Crippen LogP contribution in [0.1, 0.15) is 36.9 Å². The fraction of sp³-hybridized carbons (Fsp3) is 0.600. The van der Waals surface area contributed by atoms with Crippen LogP contribution in [-0.4, -0.2) is 31.6 Å². The molecule has 0 saturated carbocycles. The van der Waals surface area contributed by atoms with Gasteiger partial charge < -0.3 is 5.32 Å². The molecule has 0 radical (unpaired) electrons. The summed E-state index contributed by atoms with van der Waals surface area (Å²) in [5, 5.41) is 3.47. The maximum absolute atomic E-state index is 3.47. The molecule has 1 saturated heterocycles. The van der Waals surface area contributed by atoms with Crippen molar-refractivity contribution in [1.29, 1.82) is 0 Å². The third-order valence-corrected chi connectivity index (χ3v) is 3.69. The number of hydrogen-bond acceptors (Lipinski definition) is 2. The van der Waals surface area contributed by atoms with E-state index in [1.165, 1.54) is 30.4 Å². The summed E-state index contributed by atoms with van der Waals surface area (Å²) in [5.74, 6) is 0. The summed E-state index contributed by atoms with van der Waals surface area (Å²) >= 11 is 0. The minimum atomic E-state index is 0.545. The first-order valence-electron chi connectivity index (χ1n) is 6.81. The quantitative estimate of drug-likeness (QED) is 0.858. The Balaban J connectivity index is 2.01. The molecule has 1 aliphatic rings. The van der Waals surface area contributed by atoms with E-state index in [0.29, 0.717) is 6.04 Å². The van der Waals surface area contributed by atoms with E-state index in [4.69, 9.17) is 0 Å². The molecule has 1 aromatic carbocycles. The number of likely N-dealkylation sites (N-methyl/N-ethyl adjacent to an activating group) is 1. The normalized spacial score (nSPS) is 21.6. The summed E-state index contributed by atoms with van der Waals surface area (Å²) in [6, 6.07) is 9.75. The lowest BCUT2D eigenvalue weighted by atomic mass is 10.0. The molecule has 1 heterocycles. The number of benzene rings is 1. The van der Waals surface area contributed by atoms with E-state index < -0.39 is 0 Å². The average molecular weight is 232 g/mol. The second-order valence-corrected chi connectivity index (χ2v) is 5.05. The van der Waals surface area contributed by atoms with Crippen LogP contribution in [0.3, 0.4) is 0 Å². The van der Waals surface area contributed by atoms with Crippen LogP contribution in [0.15, 0.2) is 24.3 Å². The molecule has 2 nitrogen and oxygen atoms in total. The van der Waals surface area contributed by atoms with E-state index in [0.717, 1.165) is 19.6 Å². The number of nitrogens with one attached hydrogen (secondary N) is 1. The molecule has 1 N–H and O–H groups in total. The molecule has 0 amide bonds. The average Bonchev–Trinajstić information content (AvgIpc) is 2.38. The predicted molar refractivity (Wildman–Crippen MR) is 73.3 cm³/mol. The highest BCUT2D eigenvalue weighted by atomic mass is 15.2. The van der Waals surface area contributed by atoms with Crippen molar-refractivity contribution in [2.75, 3.05) is 26.7 Å². The summed E-state index contributed by atoms with van der Waals surface area (Å²) < 4.78 is 0. The van der Waals surface area contributed by atoms with Crippen LogP contribution in [0.2, 0.25) is 0 Å². The van der Waals surface area contributed by atoms with Gasteiger partial charge in [0.1, 0.15) is 0 Å². The van der Waals surface area contributed by atoms with Crippen molar-refractivity contribution in [3.8, 4) is 0 Å². The third kappa shape index (κ3) is 3.30. The van der Waals surface area contributed by atoms with Gasteiger partial charge in [-0.15, -0.1) is 0 Å². The van der Waals surface area contributed by atoms with Crippen LogP contribution in [0.5, 0.6) is 0 Å². The van der Waals surface area contributed by atoms with Crippen LogP contribution >= 0.6 is 0 Å². The summed E-state index contributed by atoms with van der Waals surface area (Å²) in [4.78, 5) is 2.44. The highest BCUT2D eigenvalue weighted by Crippen LogP contribution is 2.21. The second kappa shape index (κ2) is 6.18. The van der Waals surface area contributed by atoms with Gasteiger partial charge in [0, 0.05) is 25.7 Å². The number of unbranched alkanes of at least 4 members (excludes halogenated alkanes) is 1. The summed E-state index contributed by atoms with van der Waals surface area (Å²) in [6.07, 6.45) is 3.79. The van der Waals surface area contributed by atoms with Crippen molar-refractivity contribution < 1.29 is 0 Å². The van der Waals surface area contributed by atoms with Crippen molar-refractivity contribution in [1.82, 2.24) is 10.2 Å². The number of nitrogens with zero attached hydrogens (tertiary/aromatic N) is 1. The van der Waals surface area contributed by atoms with E-state index >= 15 is 0 Å². The van der Waals surface area contributed by atoms with Gasteiger partial charge in [-0.05, 0) is 31.0 Å². The molecular weight excluding hydrogens is 208 g/mol. The zero-order valence-electron chi connectivity index (χ0n) is 11.1. The molecule has 2 heteroatoms. The van der Waals surface area contributed by atoms with Crippen molar-refractivity contribution in [2.24, 2.45) is 0 Å². The minimum Gasteiger partial charge on any atom is -0.314 e. The van der Waals surface area contributed by atoms with Crippen molar-refractivity contribution in [3.63, 3.8) is 0 Å². The zero-order valence-corrected chi connectivity index (χ0v) is 11.1. The Bertz CT molecular complexity index is 331. The van der Waals surface area contributed by atoms with E-state index in [1.54, 1.807) is 0 Å². The Labute approximate surface area is 105 Å². The molecule has 2 rings (SSSR count). The van der Waals surface area contributed by atoms with Crippen LogP contribution in [0, 0.1) is 0 Å². The van der Waals surface area contributed by atoms with Gasteiger partial charge in [0.15, 0.2) is 0 Å². The van der Waals surface area contributed by atoms with Crippen molar-refractivity contribution >= 4 is 0 Å². The van der Waals surface area contributed by atoms with Gasteiger partial charge in [-0.1, -0.05) is 37.6 Å². The highest BCUT2D eigenvalue weighted by molar-refractivity contribution is 5.25. The van der Waals surface area contributed by atoms with Gasteiger partial charge in [-0.25, -0.2) is 0 Å². The van der Waals surface area contributed by atoms with E-state index in [2.05, 4.69) is 48.5 Å². The van der Waals surface area contributed by atoms with Crippen LogP contribution in [0.25, 0.3) is 0 Å². The lowest BCUT2D eigenvalue weighted by Gasteiger charge is -2.33. The van der Waals surface area contributed by atoms with E-state index in [9.17, 15) is 0 Å². The monoisotopic (exact) mass is 232 g/mol. The Kier molecular flexibility index (Phi) is 4.57. The standard InChI is InChI=1S/C15H24N2/c1-3-4-5-13-6-8-14(9-7-13)15-12-16-10-11-17(15)2/h6-9,15-16H,3-5,10-12H2,1-2H3. The Hall–Kier alpha value is -0.860. The first-order chi connectivity index (χ1) is 8.31. The third-order valence-electron chi connectivity index (χ3n) is 3.69. The SMILES string of the molecule is CCCCc1ccc(C2CNCCN2C)cc1. The van der Waals surface area contributed by atoms with E-state index in [1.807, 2.05) is 0 Å². The number of piperazine rings is 1. The van der Waals surface area contributed by atoms with Gasteiger partial charge in [-0.3, -0.25) is 4.90 Å². The molecule has 1 aliphatic heterocycles. The minimum absolute atomic E-state index is 0.545. The lowest BCUT2D eigenvalue weighted by Crippen LogP contribution is -2.43. The largest absolute Gasteiger partial charge is 0.314 e. The molecule has 1 fully saturated rings. The van der Waals surface area contributed by atoms with Crippen molar-refractivity contribution in [2.45, 2.75) is 32.2 Å². The first kappa shape index (κ1) is 12.6. The summed E-state index contributed by atoms with van der Waals surface area (Å²) in [5.41, 5.74) is 2.92. The Morgan fingerprint density at radius 2 is 2.06 bits per heavy atom. The molecule has 1 atom stereocenters. The molecular formula is C15H24N2. The fourth-order valence-electron chi connectivity index (χ4n) is 2.47. The molecule has 94 valence electrons. The predicted octanol–water partition coefficient (Wildman–Crippen LogP) is 2.61. The Morgan fingerprint density at radius 1 is 1.29 bits per heavy atom. The molecule has 0 aromatic heterocycles. The smallest absolute Gasteiger partial charge is 0.0470 e. The summed E-state index contributed by atoms with van der Waals surface area (Å²) in [7, 11) is 2.22. The zero-order chi connectivity index (χ0) is 12.1.